The quantitative estimate of drug-likeness (QED) is 0.185. The summed E-state index contributed by atoms with van der Waals surface area (Å²) in [6.45, 7) is 4.72. The van der Waals surface area contributed by atoms with Gasteiger partial charge in [0.25, 0.3) is 0 Å². The van der Waals surface area contributed by atoms with Gasteiger partial charge in [0.1, 0.15) is 11.4 Å². The first-order valence-electron chi connectivity index (χ1n) is 16.4. The van der Waals surface area contributed by atoms with Crippen molar-refractivity contribution in [2.24, 2.45) is 0 Å². The van der Waals surface area contributed by atoms with Gasteiger partial charge in [0.15, 0.2) is 5.82 Å². The van der Waals surface area contributed by atoms with E-state index in [4.69, 9.17) is 15.2 Å². The zero-order chi connectivity index (χ0) is 32.2. The lowest BCUT2D eigenvalue weighted by atomic mass is 9.70. The summed E-state index contributed by atoms with van der Waals surface area (Å²) in [5.41, 5.74) is 10.3. The molecule has 0 amide bonds. The van der Waals surface area contributed by atoms with Crippen LogP contribution in [0.1, 0.15) is 25.0 Å². The summed E-state index contributed by atoms with van der Waals surface area (Å²) in [5.74, 6) is 0.588. The molecule has 8 aromatic rings. The molecule has 0 radical (unpaired) electrons. The molecule has 0 bridgehead atoms. The Hall–Kier alpha value is -6.13. The average molecular weight is 617 g/mol. The molecular weight excluding hydrogens is 585 g/mol. The Bertz CT molecular complexity index is 2490. The van der Waals surface area contributed by atoms with E-state index in [1.54, 1.807) is 0 Å². The van der Waals surface area contributed by atoms with E-state index in [1.165, 1.54) is 44.0 Å². The summed E-state index contributed by atoms with van der Waals surface area (Å²) in [5, 5.41) is 14.5. The molecule has 1 aromatic heterocycles. The third-order valence-electron chi connectivity index (χ3n) is 9.72. The average Bonchev–Trinajstić information content (AvgIpc) is 3.15. The standard InChI is InChI=1S/C44H32N4/c1-44(2)37-26-13-14-27-38(37)48(42-36-25-12-10-23-34(36)33-22-9-11-24-35(33)39(42)44)32-21-15-20-31(28-32)43-45-40(29-16-5-3-6-17-29)41(46-47-43)30-18-7-4-8-19-30/h3-28H,1-2H3. The highest BCUT2D eigenvalue weighted by Crippen LogP contribution is 2.56. The highest BCUT2D eigenvalue weighted by molar-refractivity contribution is 6.18. The molecule has 4 heteroatoms. The summed E-state index contributed by atoms with van der Waals surface area (Å²) < 4.78 is 0. The van der Waals surface area contributed by atoms with E-state index in [0.29, 0.717) is 5.82 Å². The second kappa shape index (κ2) is 11.0. The highest BCUT2D eigenvalue weighted by Gasteiger charge is 2.39. The fourth-order valence-corrected chi connectivity index (χ4v) is 7.53. The van der Waals surface area contributed by atoms with Gasteiger partial charge >= 0.3 is 0 Å². The molecule has 0 atom stereocenters. The Labute approximate surface area is 280 Å². The van der Waals surface area contributed by atoms with Gasteiger partial charge in [-0.25, -0.2) is 4.98 Å². The molecule has 228 valence electrons. The molecule has 0 spiro atoms. The molecule has 2 heterocycles. The normalized spacial score (nSPS) is 13.3. The molecule has 0 N–H and O–H groups in total. The van der Waals surface area contributed by atoms with Crippen LogP contribution in [0.25, 0.3) is 55.4 Å². The Kier molecular flexibility index (Phi) is 6.44. The van der Waals surface area contributed by atoms with E-state index < -0.39 is 0 Å². The third-order valence-corrected chi connectivity index (χ3v) is 9.72. The lowest BCUT2D eigenvalue weighted by Crippen LogP contribution is -2.31. The number of hydrogen-bond donors (Lipinski definition) is 0. The molecule has 4 nitrogen and oxygen atoms in total. The van der Waals surface area contributed by atoms with Crippen LogP contribution in [0.3, 0.4) is 0 Å². The van der Waals surface area contributed by atoms with Gasteiger partial charge in [0, 0.05) is 33.2 Å². The minimum Gasteiger partial charge on any atom is -0.309 e. The zero-order valence-electron chi connectivity index (χ0n) is 26.8. The predicted octanol–water partition coefficient (Wildman–Crippen LogP) is 11.3. The summed E-state index contributed by atoms with van der Waals surface area (Å²) in [6, 6.07) is 55.5. The largest absolute Gasteiger partial charge is 0.309 e. The molecule has 9 rings (SSSR count). The van der Waals surface area contributed by atoms with Crippen molar-refractivity contribution in [3.05, 3.63) is 169 Å². The topological polar surface area (TPSA) is 41.9 Å². The number of para-hydroxylation sites is 1. The fraction of sp³-hybridized carbons (Fsp3) is 0.0682. The Morgan fingerprint density at radius 1 is 0.479 bits per heavy atom. The Morgan fingerprint density at radius 2 is 1.04 bits per heavy atom. The summed E-state index contributed by atoms with van der Waals surface area (Å²) in [7, 11) is 0. The molecule has 0 saturated carbocycles. The number of rotatable bonds is 4. The lowest BCUT2D eigenvalue weighted by molar-refractivity contribution is 0.639. The molecule has 1 aliphatic rings. The number of benzene rings is 7. The summed E-state index contributed by atoms with van der Waals surface area (Å²) in [6.07, 6.45) is 0. The maximum Gasteiger partial charge on any atom is 0.182 e. The molecule has 0 unspecified atom stereocenters. The first-order valence-corrected chi connectivity index (χ1v) is 16.4. The van der Waals surface area contributed by atoms with E-state index in [0.717, 1.165) is 33.8 Å². The monoisotopic (exact) mass is 616 g/mol. The van der Waals surface area contributed by atoms with Crippen LogP contribution in [0.2, 0.25) is 0 Å². The second-order valence-corrected chi connectivity index (χ2v) is 12.9. The van der Waals surface area contributed by atoms with Crippen LogP contribution in [0.4, 0.5) is 17.1 Å². The van der Waals surface area contributed by atoms with Crippen molar-refractivity contribution in [2.75, 3.05) is 4.90 Å². The molecule has 1 aliphatic heterocycles. The minimum absolute atomic E-state index is 0.228. The number of nitrogens with zero attached hydrogens (tertiary/aromatic N) is 4. The Balaban J connectivity index is 1.28. The van der Waals surface area contributed by atoms with Crippen molar-refractivity contribution in [3.63, 3.8) is 0 Å². The van der Waals surface area contributed by atoms with Crippen LogP contribution in [0.5, 0.6) is 0 Å². The van der Waals surface area contributed by atoms with E-state index in [9.17, 15) is 0 Å². The van der Waals surface area contributed by atoms with Crippen molar-refractivity contribution in [2.45, 2.75) is 19.3 Å². The second-order valence-electron chi connectivity index (χ2n) is 12.9. The van der Waals surface area contributed by atoms with Crippen molar-refractivity contribution in [1.82, 2.24) is 15.2 Å². The summed E-state index contributed by atoms with van der Waals surface area (Å²) >= 11 is 0. The van der Waals surface area contributed by atoms with E-state index in [1.807, 2.05) is 36.4 Å². The molecule has 0 fully saturated rings. The van der Waals surface area contributed by atoms with Gasteiger partial charge in [-0.2, -0.15) is 0 Å². The lowest BCUT2D eigenvalue weighted by Gasteiger charge is -2.43. The zero-order valence-corrected chi connectivity index (χ0v) is 26.8. The highest BCUT2D eigenvalue weighted by atomic mass is 15.2. The number of anilines is 3. The van der Waals surface area contributed by atoms with Crippen LogP contribution in [0, 0.1) is 0 Å². The van der Waals surface area contributed by atoms with Crippen LogP contribution in [0.15, 0.2) is 158 Å². The molecular formula is C44H32N4. The van der Waals surface area contributed by atoms with Gasteiger partial charge in [-0.15, -0.1) is 10.2 Å². The van der Waals surface area contributed by atoms with Gasteiger partial charge in [0.05, 0.1) is 11.4 Å². The number of hydrogen-bond acceptors (Lipinski definition) is 4. The number of fused-ring (bicyclic) bond motifs is 7. The van der Waals surface area contributed by atoms with E-state index >= 15 is 0 Å². The van der Waals surface area contributed by atoms with Gasteiger partial charge in [0.2, 0.25) is 0 Å². The van der Waals surface area contributed by atoms with Crippen LogP contribution >= 0.6 is 0 Å². The number of aromatic nitrogens is 3. The van der Waals surface area contributed by atoms with E-state index in [2.05, 4.69) is 140 Å². The maximum absolute atomic E-state index is 5.19. The molecule has 0 aliphatic carbocycles. The molecule has 48 heavy (non-hydrogen) atoms. The fourth-order valence-electron chi connectivity index (χ4n) is 7.53. The SMILES string of the molecule is CC1(C)c2ccccc2N(c2cccc(-c3nnc(-c4ccccc4)c(-c4ccccc4)n3)c2)c2c1c1ccccc1c1ccccc21. The Morgan fingerprint density at radius 3 is 1.77 bits per heavy atom. The minimum atomic E-state index is -0.228. The van der Waals surface area contributed by atoms with Gasteiger partial charge in [-0.3, -0.25) is 0 Å². The molecule has 0 saturated heterocycles. The van der Waals surface area contributed by atoms with Crippen LogP contribution in [-0.4, -0.2) is 15.2 Å². The first-order chi connectivity index (χ1) is 23.6. The van der Waals surface area contributed by atoms with Crippen molar-refractivity contribution in [1.29, 1.82) is 0 Å². The predicted molar refractivity (Wildman–Crippen MR) is 198 cm³/mol. The first kappa shape index (κ1) is 28.1. The van der Waals surface area contributed by atoms with Gasteiger partial charge < -0.3 is 4.90 Å². The smallest absolute Gasteiger partial charge is 0.182 e. The third kappa shape index (κ3) is 4.34. The molecule has 7 aromatic carbocycles. The maximum atomic E-state index is 5.19. The van der Waals surface area contributed by atoms with Crippen molar-refractivity contribution in [3.8, 4) is 33.9 Å². The van der Waals surface area contributed by atoms with Crippen molar-refractivity contribution >= 4 is 38.6 Å². The van der Waals surface area contributed by atoms with Crippen LogP contribution < -0.4 is 4.90 Å². The van der Waals surface area contributed by atoms with E-state index in [-0.39, 0.29) is 5.41 Å². The summed E-state index contributed by atoms with van der Waals surface area (Å²) in [4.78, 5) is 7.63. The van der Waals surface area contributed by atoms with Gasteiger partial charge in [-0.05, 0) is 45.5 Å². The van der Waals surface area contributed by atoms with Gasteiger partial charge in [-0.1, -0.05) is 153 Å². The van der Waals surface area contributed by atoms with Crippen LogP contribution in [-0.2, 0) is 5.41 Å². The van der Waals surface area contributed by atoms with Crippen molar-refractivity contribution < 1.29 is 0 Å².